The van der Waals surface area contributed by atoms with Crippen molar-refractivity contribution in [3.8, 4) is 5.75 Å². The first-order valence-corrected chi connectivity index (χ1v) is 6.36. The summed E-state index contributed by atoms with van der Waals surface area (Å²) >= 11 is 3.44. The fraction of sp³-hybridized carbons (Fsp3) is 0.133. The largest absolute Gasteiger partial charge is 0.497 e. The molecule has 0 unspecified atom stereocenters. The highest BCUT2D eigenvalue weighted by Gasteiger charge is 2.10. The maximum absolute atomic E-state index is 12.3. The molecule has 0 N–H and O–H groups in total. The molecular formula is C15H13BrO2. The van der Waals surface area contributed by atoms with E-state index in [2.05, 4.69) is 15.9 Å². The quantitative estimate of drug-likeness (QED) is 0.801. The molecule has 0 spiro atoms. The molecule has 2 aromatic carbocycles. The molecule has 0 fully saturated rings. The summed E-state index contributed by atoms with van der Waals surface area (Å²) in [5.74, 6) is 0.682. The predicted octanol–water partition coefficient (Wildman–Crippen LogP) is 4.00. The van der Waals surface area contributed by atoms with Crippen molar-refractivity contribution in [2.75, 3.05) is 7.11 Å². The number of rotatable bonds is 3. The summed E-state index contributed by atoms with van der Waals surface area (Å²) < 4.78 is 6.06. The van der Waals surface area contributed by atoms with E-state index in [0.717, 1.165) is 10.0 Å². The van der Waals surface area contributed by atoms with Crippen molar-refractivity contribution in [1.82, 2.24) is 0 Å². The van der Waals surface area contributed by atoms with Crippen molar-refractivity contribution in [3.05, 3.63) is 63.6 Å². The van der Waals surface area contributed by atoms with Crippen LogP contribution in [0, 0.1) is 6.92 Å². The standard InChI is InChI=1S/C15H13BrO2/c1-10-6-7-12(9-14(10)16)15(17)11-4-3-5-13(8-11)18-2/h3-9H,1-2H3. The Balaban J connectivity index is 2.38. The Morgan fingerprint density at radius 3 is 2.50 bits per heavy atom. The van der Waals surface area contributed by atoms with Gasteiger partial charge in [-0.3, -0.25) is 4.79 Å². The smallest absolute Gasteiger partial charge is 0.193 e. The highest BCUT2D eigenvalue weighted by Crippen LogP contribution is 2.21. The number of methoxy groups -OCH3 is 1. The Labute approximate surface area is 115 Å². The summed E-state index contributed by atoms with van der Waals surface area (Å²) in [5, 5.41) is 0. The van der Waals surface area contributed by atoms with Gasteiger partial charge in [-0.25, -0.2) is 0 Å². The first-order chi connectivity index (χ1) is 8.61. The summed E-state index contributed by atoms with van der Waals surface area (Å²) in [5.41, 5.74) is 2.41. The van der Waals surface area contributed by atoms with Gasteiger partial charge in [0, 0.05) is 15.6 Å². The SMILES string of the molecule is COc1cccc(C(=O)c2ccc(C)c(Br)c2)c1. The molecular weight excluding hydrogens is 292 g/mol. The molecule has 0 aliphatic rings. The van der Waals surface area contributed by atoms with Crippen LogP contribution in [0.3, 0.4) is 0 Å². The number of benzene rings is 2. The van der Waals surface area contributed by atoms with Crippen molar-refractivity contribution in [2.45, 2.75) is 6.92 Å². The third kappa shape index (κ3) is 2.62. The van der Waals surface area contributed by atoms with Gasteiger partial charge in [0.2, 0.25) is 0 Å². The van der Waals surface area contributed by atoms with E-state index in [1.54, 1.807) is 19.2 Å². The van der Waals surface area contributed by atoms with Gasteiger partial charge < -0.3 is 4.74 Å². The molecule has 0 heterocycles. The summed E-state index contributed by atoms with van der Waals surface area (Å²) in [6.45, 7) is 1.99. The highest BCUT2D eigenvalue weighted by atomic mass is 79.9. The van der Waals surface area contributed by atoms with Gasteiger partial charge in [-0.1, -0.05) is 40.2 Å². The van der Waals surface area contributed by atoms with Crippen LogP contribution < -0.4 is 4.74 Å². The molecule has 0 radical (unpaired) electrons. The second-order valence-electron chi connectivity index (χ2n) is 4.03. The van der Waals surface area contributed by atoms with E-state index in [1.807, 2.05) is 37.3 Å². The zero-order valence-corrected chi connectivity index (χ0v) is 11.8. The number of ether oxygens (including phenoxy) is 1. The van der Waals surface area contributed by atoms with Crippen LogP contribution >= 0.6 is 15.9 Å². The predicted molar refractivity (Wildman–Crippen MR) is 75.3 cm³/mol. The van der Waals surface area contributed by atoms with E-state index >= 15 is 0 Å². The number of hydrogen-bond acceptors (Lipinski definition) is 2. The zero-order chi connectivity index (χ0) is 13.1. The summed E-state index contributed by atoms with van der Waals surface area (Å²) in [6.07, 6.45) is 0. The molecule has 92 valence electrons. The number of carbonyl (C=O) groups excluding carboxylic acids is 1. The Kier molecular flexibility index (Phi) is 3.82. The van der Waals surface area contributed by atoms with Crippen molar-refractivity contribution in [2.24, 2.45) is 0 Å². The molecule has 0 aliphatic heterocycles. The zero-order valence-electron chi connectivity index (χ0n) is 10.2. The summed E-state index contributed by atoms with van der Waals surface area (Å²) in [6, 6.07) is 12.8. The van der Waals surface area contributed by atoms with Crippen LogP contribution in [0.15, 0.2) is 46.9 Å². The number of hydrogen-bond donors (Lipinski definition) is 0. The molecule has 0 amide bonds. The van der Waals surface area contributed by atoms with Gasteiger partial charge in [0.25, 0.3) is 0 Å². The van der Waals surface area contributed by atoms with Crippen LogP contribution in [0.25, 0.3) is 0 Å². The van der Waals surface area contributed by atoms with Crippen LogP contribution in [0.4, 0.5) is 0 Å². The minimum absolute atomic E-state index is 0.00500. The lowest BCUT2D eigenvalue weighted by Crippen LogP contribution is -2.01. The van der Waals surface area contributed by atoms with Crippen LogP contribution in [0.1, 0.15) is 21.5 Å². The molecule has 0 aliphatic carbocycles. The van der Waals surface area contributed by atoms with Crippen molar-refractivity contribution < 1.29 is 9.53 Å². The fourth-order valence-corrected chi connectivity index (χ4v) is 2.04. The summed E-state index contributed by atoms with van der Waals surface area (Å²) in [4.78, 5) is 12.3. The Hall–Kier alpha value is -1.61. The first-order valence-electron chi connectivity index (χ1n) is 5.56. The van der Waals surface area contributed by atoms with Crippen molar-refractivity contribution >= 4 is 21.7 Å². The van der Waals surface area contributed by atoms with Crippen molar-refractivity contribution in [1.29, 1.82) is 0 Å². The van der Waals surface area contributed by atoms with E-state index in [4.69, 9.17) is 4.74 Å². The minimum Gasteiger partial charge on any atom is -0.497 e. The van der Waals surface area contributed by atoms with Gasteiger partial charge in [0.1, 0.15) is 5.75 Å². The molecule has 2 aromatic rings. The van der Waals surface area contributed by atoms with E-state index < -0.39 is 0 Å². The average molecular weight is 305 g/mol. The molecule has 0 atom stereocenters. The Morgan fingerprint density at radius 2 is 1.83 bits per heavy atom. The lowest BCUT2D eigenvalue weighted by Gasteiger charge is -2.05. The number of aryl methyl sites for hydroxylation is 1. The Bertz CT molecular complexity index is 591. The number of halogens is 1. The van der Waals surface area contributed by atoms with Crippen LogP contribution in [0.2, 0.25) is 0 Å². The van der Waals surface area contributed by atoms with Gasteiger partial charge in [-0.15, -0.1) is 0 Å². The Morgan fingerprint density at radius 1 is 1.11 bits per heavy atom. The molecule has 0 aromatic heterocycles. The van der Waals surface area contributed by atoms with Gasteiger partial charge in [0.05, 0.1) is 7.11 Å². The molecule has 18 heavy (non-hydrogen) atoms. The van der Waals surface area contributed by atoms with E-state index in [9.17, 15) is 4.79 Å². The second-order valence-corrected chi connectivity index (χ2v) is 4.88. The van der Waals surface area contributed by atoms with Crippen LogP contribution in [-0.2, 0) is 0 Å². The van der Waals surface area contributed by atoms with Gasteiger partial charge in [-0.05, 0) is 30.7 Å². The van der Waals surface area contributed by atoms with Gasteiger partial charge >= 0.3 is 0 Å². The second kappa shape index (κ2) is 5.36. The summed E-state index contributed by atoms with van der Waals surface area (Å²) in [7, 11) is 1.59. The fourth-order valence-electron chi connectivity index (χ4n) is 1.67. The normalized spacial score (nSPS) is 10.2. The van der Waals surface area contributed by atoms with Crippen molar-refractivity contribution in [3.63, 3.8) is 0 Å². The first kappa shape index (κ1) is 12.8. The average Bonchev–Trinajstić information content (AvgIpc) is 2.41. The van der Waals surface area contributed by atoms with Gasteiger partial charge in [0.15, 0.2) is 5.78 Å². The molecule has 3 heteroatoms. The van der Waals surface area contributed by atoms with E-state index in [0.29, 0.717) is 16.9 Å². The van der Waals surface area contributed by atoms with Crippen LogP contribution in [-0.4, -0.2) is 12.9 Å². The molecule has 2 nitrogen and oxygen atoms in total. The maximum atomic E-state index is 12.3. The minimum atomic E-state index is -0.00500. The number of carbonyl (C=O) groups is 1. The van der Waals surface area contributed by atoms with E-state index in [1.165, 1.54) is 0 Å². The maximum Gasteiger partial charge on any atom is 0.193 e. The monoisotopic (exact) mass is 304 g/mol. The third-order valence-electron chi connectivity index (χ3n) is 2.77. The third-order valence-corrected chi connectivity index (χ3v) is 3.62. The van der Waals surface area contributed by atoms with Crippen LogP contribution in [0.5, 0.6) is 5.75 Å². The molecule has 0 saturated heterocycles. The lowest BCUT2D eigenvalue weighted by molar-refractivity contribution is 0.103. The molecule has 0 saturated carbocycles. The number of ketones is 1. The molecule has 2 rings (SSSR count). The topological polar surface area (TPSA) is 26.3 Å². The lowest BCUT2D eigenvalue weighted by atomic mass is 10.0. The van der Waals surface area contributed by atoms with Gasteiger partial charge in [-0.2, -0.15) is 0 Å². The molecule has 0 bridgehead atoms. The van der Waals surface area contributed by atoms with E-state index in [-0.39, 0.29) is 5.78 Å². The highest BCUT2D eigenvalue weighted by molar-refractivity contribution is 9.10.